The fourth-order valence-electron chi connectivity index (χ4n) is 2.44. The quantitative estimate of drug-likeness (QED) is 0.590. The molecule has 0 saturated carbocycles. The molecule has 6 nitrogen and oxygen atoms in total. The summed E-state index contributed by atoms with van der Waals surface area (Å²) in [5.41, 5.74) is 0.561. The maximum atomic E-state index is 13.2. The molecule has 2 rings (SSSR count). The van der Waals surface area contributed by atoms with Crippen molar-refractivity contribution in [1.29, 1.82) is 0 Å². The Morgan fingerprint density at radius 3 is 2.39 bits per heavy atom. The SMILES string of the molecule is COCCCNC(=O)CN(Cc1ccc(F)cc1)S(=O)(=O)c1ccc(Cl)cc1. The fraction of sp³-hybridized carbons (Fsp3) is 0.316. The first-order valence-corrected chi connectivity index (χ1v) is 10.4. The van der Waals surface area contributed by atoms with E-state index in [1.807, 2.05) is 0 Å². The minimum Gasteiger partial charge on any atom is -0.385 e. The van der Waals surface area contributed by atoms with Crippen LogP contribution in [0.5, 0.6) is 0 Å². The van der Waals surface area contributed by atoms with Crippen LogP contribution in [0, 0.1) is 5.82 Å². The number of methoxy groups -OCH3 is 1. The number of carbonyl (C=O) groups is 1. The molecule has 0 atom stereocenters. The summed E-state index contributed by atoms with van der Waals surface area (Å²) < 4.78 is 45.2. The van der Waals surface area contributed by atoms with Gasteiger partial charge in [0.1, 0.15) is 5.82 Å². The third kappa shape index (κ3) is 6.56. The first-order chi connectivity index (χ1) is 13.3. The Morgan fingerprint density at radius 1 is 1.14 bits per heavy atom. The number of sulfonamides is 1. The summed E-state index contributed by atoms with van der Waals surface area (Å²) in [4.78, 5) is 12.3. The van der Waals surface area contributed by atoms with E-state index in [-0.39, 0.29) is 18.0 Å². The van der Waals surface area contributed by atoms with Crippen LogP contribution in [0.3, 0.4) is 0 Å². The molecule has 0 aliphatic rings. The largest absolute Gasteiger partial charge is 0.385 e. The predicted molar refractivity (Wildman–Crippen MR) is 105 cm³/mol. The second-order valence-corrected chi connectivity index (χ2v) is 8.42. The first kappa shape index (κ1) is 22.3. The third-order valence-electron chi connectivity index (χ3n) is 3.89. The topological polar surface area (TPSA) is 75.7 Å². The summed E-state index contributed by atoms with van der Waals surface area (Å²) in [7, 11) is -2.40. The third-order valence-corrected chi connectivity index (χ3v) is 5.95. The van der Waals surface area contributed by atoms with Crippen molar-refractivity contribution >= 4 is 27.5 Å². The van der Waals surface area contributed by atoms with Gasteiger partial charge in [-0.05, 0) is 48.4 Å². The monoisotopic (exact) mass is 428 g/mol. The normalized spacial score (nSPS) is 11.6. The number of rotatable bonds is 10. The smallest absolute Gasteiger partial charge is 0.243 e. The molecule has 2 aromatic rings. The van der Waals surface area contributed by atoms with E-state index >= 15 is 0 Å². The van der Waals surface area contributed by atoms with Crippen LogP contribution in [0.25, 0.3) is 0 Å². The first-order valence-electron chi connectivity index (χ1n) is 8.58. The molecule has 2 aromatic carbocycles. The van der Waals surface area contributed by atoms with Gasteiger partial charge in [0, 0.05) is 31.8 Å². The number of ether oxygens (including phenoxy) is 1. The van der Waals surface area contributed by atoms with Crippen LogP contribution < -0.4 is 5.32 Å². The zero-order valence-electron chi connectivity index (χ0n) is 15.4. The molecule has 1 N–H and O–H groups in total. The number of halogens is 2. The van der Waals surface area contributed by atoms with Gasteiger partial charge < -0.3 is 10.1 Å². The Bertz CT molecular complexity index is 874. The molecule has 0 saturated heterocycles. The molecule has 152 valence electrons. The van der Waals surface area contributed by atoms with Crippen LogP contribution in [0.2, 0.25) is 5.02 Å². The molecular weight excluding hydrogens is 407 g/mol. The van der Waals surface area contributed by atoms with Gasteiger partial charge in [0.2, 0.25) is 15.9 Å². The maximum Gasteiger partial charge on any atom is 0.243 e. The lowest BCUT2D eigenvalue weighted by atomic mass is 10.2. The molecule has 0 bridgehead atoms. The summed E-state index contributed by atoms with van der Waals surface area (Å²) >= 11 is 5.83. The van der Waals surface area contributed by atoms with E-state index in [1.165, 1.54) is 48.5 Å². The van der Waals surface area contributed by atoms with Crippen molar-refractivity contribution < 1.29 is 22.3 Å². The Labute approximate surface area is 169 Å². The molecule has 0 aliphatic heterocycles. The van der Waals surface area contributed by atoms with Gasteiger partial charge in [-0.2, -0.15) is 4.31 Å². The fourth-order valence-corrected chi connectivity index (χ4v) is 3.95. The van der Waals surface area contributed by atoms with Crippen LogP contribution in [-0.4, -0.2) is 45.4 Å². The number of hydrogen-bond donors (Lipinski definition) is 1. The van der Waals surface area contributed by atoms with Gasteiger partial charge >= 0.3 is 0 Å². The van der Waals surface area contributed by atoms with E-state index in [0.29, 0.717) is 30.2 Å². The molecule has 0 radical (unpaired) electrons. The highest BCUT2D eigenvalue weighted by molar-refractivity contribution is 7.89. The summed E-state index contributed by atoms with van der Waals surface area (Å²) in [5.74, 6) is -0.859. The molecule has 0 aromatic heterocycles. The van der Waals surface area contributed by atoms with E-state index in [2.05, 4.69) is 5.32 Å². The Balaban J connectivity index is 2.20. The van der Waals surface area contributed by atoms with Crippen molar-refractivity contribution in [2.75, 3.05) is 26.8 Å². The summed E-state index contributed by atoms with van der Waals surface area (Å²) in [5, 5.41) is 3.07. The number of amides is 1. The molecule has 0 fully saturated rings. The molecule has 1 amide bonds. The molecule has 0 aliphatic carbocycles. The number of hydrogen-bond acceptors (Lipinski definition) is 4. The van der Waals surface area contributed by atoms with E-state index in [9.17, 15) is 17.6 Å². The van der Waals surface area contributed by atoms with Crippen molar-refractivity contribution in [2.24, 2.45) is 0 Å². The number of nitrogens with zero attached hydrogens (tertiary/aromatic N) is 1. The van der Waals surface area contributed by atoms with Crippen LogP contribution in [0.4, 0.5) is 4.39 Å². The molecular formula is C19H22ClFN2O4S. The lowest BCUT2D eigenvalue weighted by Gasteiger charge is -2.22. The number of carbonyl (C=O) groups excluding carboxylic acids is 1. The molecule has 0 heterocycles. The zero-order chi connectivity index (χ0) is 20.6. The van der Waals surface area contributed by atoms with Crippen molar-refractivity contribution in [3.8, 4) is 0 Å². The highest BCUT2D eigenvalue weighted by Crippen LogP contribution is 2.20. The van der Waals surface area contributed by atoms with Crippen LogP contribution in [-0.2, 0) is 26.1 Å². The van der Waals surface area contributed by atoms with Gasteiger partial charge in [0.25, 0.3) is 0 Å². The average molecular weight is 429 g/mol. The standard InChI is InChI=1S/C19H22ClFN2O4S/c1-27-12-2-11-22-19(24)14-23(13-15-3-7-17(21)8-4-15)28(25,26)18-9-5-16(20)6-10-18/h3-10H,2,11-14H2,1H3,(H,22,24). The lowest BCUT2D eigenvalue weighted by molar-refractivity contribution is -0.121. The van der Waals surface area contributed by atoms with Crippen LogP contribution in [0.15, 0.2) is 53.4 Å². The van der Waals surface area contributed by atoms with Crippen molar-refractivity contribution in [1.82, 2.24) is 9.62 Å². The van der Waals surface area contributed by atoms with Gasteiger partial charge in [-0.3, -0.25) is 4.79 Å². The Hall–Kier alpha value is -2.00. The minimum absolute atomic E-state index is 0.0196. The van der Waals surface area contributed by atoms with E-state index in [1.54, 1.807) is 7.11 Å². The second-order valence-electron chi connectivity index (χ2n) is 6.05. The van der Waals surface area contributed by atoms with Crippen LogP contribution in [0.1, 0.15) is 12.0 Å². The number of benzene rings is 2. The van der Waals surface area contributed by atoms with Gasteiger partial charge in [-0.25, -0.2) is 12.8 Å². The van der Waals surface area contributed by atoms with Crippen molar-refractivity contribution in [2.45, 2.75) is 17.9 Å². The summed E-state index contributed by atoms with van der Waals surface area (Å²) in [6, 6.07) is 11.1. The highest BCUT2D eigenvalue weighted by atomic mass is 35.5. The van der Waals surface area contributed by atoms with E-state index < -0.39 is 21.7 Å². The van der Waals surface area contributed by atoms with Crippen molar-refractivity contribution in [3.63, 3.8) is 0 Å². The lowest BCUT2D eigenvalue weighted by Crippen LogP contribution is -2.40. The Morgan fingerprint density at radius 2 is 1.79 bits per heavy atom. The molecule has 9 heteroatoms. The van der Waals surface area contributed by atoms with Gasteiger partial charge in [0.05, 0.1) is 11.4 Å². The van der Waals surface area contributed by atoms with Gasteiger partial charge in [-0.15, -0.1) is 0 Å². The predicted octanol–water partition coefficient (Wildman–Crippen LogP) is 2.82. The minimum atomic E-state index is -3.96. The second kappa shape index (κ2) is 10.5. The Kier molecular flexibility index (Phi) is 8.37. The van der Waals surface area contributed by atoms with Crippen molar-refractivity contribution in [3.05, 3.63) is 64.9 Å². The van der Waals surface area contributed by atoms with Gasteiger partial charge in [0.15, 0.2) is 0 Å². The summed E-state index contributed by atoms with van der Waals surface area (Å²) in [6.45, 7) is 0.423. The number of nitrogens with one attached hydrogen (secondary N) is 1. The van der Waals surface area contributed by atoms with E-state index in [0.717, 1.165) is 4.31 Å². The van der Waals surface area contributed by atoms with Gasteiger partial charge in [-0.1, -0.05) is 23.7 Å². The average Bonchev–Trinajstić information content (AvgIpc) is 2.67. The highest BCUT2D eigenvalue weighted by Gasteiger charge is 2.27. The zero-order valence-corrected chi connectivity index (χ0v) is 17.0. The summed E-state index contributed by atoms with van der Waals surface area (Å²) in [6.07, 6.45) is 0.615. The molecule has 0 spiro atoms. The molecule has 28 heavy (non-hydrogen) atoms. The maximum absolute atomic E-state index is 13.2. The van der Waals surface area contributed by atoms with E-state index in [4.69, 9.17) is 16.3 Å². The van der Waals surface area contributed by atoms with Crippen LogP contribution >= 0.6 is 11.6 Å². The molecule has 0 unspecified atom stereocenters.